The van der Waals surface area contributed by atoms with Gasteiger partial charge in [-0.15, -0.1) is 11.8 Å². The molecule has 3 heterocycles. The Balaban J connectivity index is 1.71. The summed E-state index contributed by atoms with van der Waals surface area (Å²) in [5, 5.41) is 9.18. The first-order chi connectivity index (χ1) is 12.4. The molecule has 5 N–H and O–H groups in total. The van der Waals surface area contributed by atoms with Gasteiger partial charge in [-0.25, -0.2) is 9.36 Å². The number of allylic oxidation sites excluding steroid dienone is 2. The van der Waals surface area contributed by atoms with Crippen LogP contribution in [0.3, 0.4) is 0 Å². The third kappa shape index (κ3) is 3.49. The number of β-lactam (4-membered cyclic amide) rings is 1. The lowest BCUT2D eigenvalue weighted by Gasteiger charge is -2.47. The van der Waals surface area contributed by atoms with E-state index in [1.165, 1.54) is 16.7 Å². The number of nitrogens with two attached hydrogens (primary N) is 2. The minimum atomic E-state index is -1.13. The highest BCUT2D eigenvalue weighted by atomic mass is 32.2. The highest BCUT2D eigenvalue weighted by Gasteiger charge is 2.51. The van der Waals surface area contributed by atoms with Crippen molar-refractivity contribution in [1.82, 2.24) is 4.90 Å². The SMILES string of the molecule is NC(=O)Cc1cc[n+](CC=CC2=C(C(=O)O)N3C(=O)[C@@H](N)[C@H]3SC2)cc1. The second-order valence-corrected chi connectivity index (χ2v) is 7.17. The first-order valence-corrected chi connectivity index (χ1v) is 9.03. The number of pyridine rings is 1. The molecule has 2 aliphatic heterocycles. The number of aliphatic carboxylic acids is 1. The van der Waals surface area contributed by atoms with E-state index in [-0.39, 0.29) is 29.3 Å². The highest BCUT2D eigenvalue weighted by molar-refractivity contribution is 8.00. The van der Waals surface area contributed by atoms with Gasteiger partial charge in [0.15, 0.2) is 18.9 Å². The van der Waals surface area contributed by atoms with E-state index in [0.29, 0.717) is 17.9 Å². The molecular weight excluding hydrogens is 356 g/mol. The maximum Gasteiger partial charge on any atom is 0.352 e. The second-order valence-electron chi connectivity index (χ2n) is 6.06. The summed E-state index contributed by atoms with van der Waals surface area (Å²) in [7, 11) is 0. The fraction of sp³-hybridized carbons (Fsp3) is 0.294. The third-order valence-corrected chi connectivity index (χ3v) is 5.54. The van der Waals surface area contributed by atoms with Gasteiger partial charge in [-0.05, 0) is 17.2 Å². The van der Waals surface area contributed by atoms with Gasteiger partial charge in [0.05, 0.1) is 6.42 Å². The molecule has 0 radical (unpaired) electrons. The van der Waals surface area contributed by atoms with E-state index < -0.39 is 12.0 Å². The van der Waals surface area contributed by atoms with Gasteiger partial charge in [0, 0.05) is 17.9 Å². The van der Waals surface area contributed by atoms with Crippen LogP contribution in [-0.4, -0.2) is 45.0 Å². The number of fused-ring (bicyclic) bond motifs is 1. The summed E-state index contributed by atoms with van der Waals surface area (Å²) in [6.45, 7) is 0.523. The van der Waals surface area contributed by atoms with Crippen molar-refractivity contribution < 1.29 is 24.1 Å². The Kier molecular flexibility index (Phi) is 5.10. The molecule has 0 spiro atoms. The van der Waals surface area contributed by atoms with Crippen molar-refractivity contribution in [3.05, 3.63) is 53.5 Å². The number of carboxylic acids is 1. The number of hydrogen-bond acceptors (Lipinski definition) is 5. The van der Waals surface area contributed by atoms with Gasteiger partial charge in [-0.1, -0.05) is 6.08 Å². The van der Waals surface area contributed by atoms with Gasteiger partial charge in [-0.2, -0.15) is 0 Å². The zero-order valence-electron chi connectivity index (χ0n) is 13.9. The standard InChI is InChI=1S/C17H18N4O4S/c18-12(22)8-10-3-6-20(7-4-10)5-1-2-11-9-26-16-13(19)15(23)21(16)14(11)17(24)25/h1-4,6-7,13,16H,5,8-9,19H2,(H2-,18,22,24,25)/p+1/t13-,16-/m1/s1. The number of aromatic nitrogens is 1. The molecule has 2 atom stereocenters. The van der Waals surface area contributed by atoms with Gasteiger partial charge in [0.2, 0.25) is 11.8 Å². The van der Waals surface area contributed by atoms with E-state index in [1.54, 1.807) is 6.08 Å². The zero-order chi connectivity index (χ0) is 18.8. The van der Waals surface area contributed by atoms with E-state index in [2.05, 4.69) is 0 Å². The maximum atomic E-state index is 11.9. The molecular formula is C17H19N4O4S+. The fourth-order valence-electron chi connectivity index (χ4n) is 2.91. The van der Waals surface area contributed by atoms with Crippen LogP contribution >= 0.6 is 11.8 Å². The van der Waals surface area contributed by atoms with E-state index in [4.69, 9.17) is 11.5 Å². The molecule has 1 aromatic heterocycles. The highest BCUT2D eigenvalue weighted by Crippen LogP contribution is 2.39. The first-order valence-electron chi connectivity index (χ1n) is 7.98. The van der Waals surface area contributed by atoms with Crippen molar-refractivity contribution in [2.24, 2.45) is 11.5 Å². The monoisotopic (exact) mass is 375 g/mol. The zero-order valence-corrected chi connectivity index (χ0v) is 14.7. The van der Waals surface area contributed by atoms with Gasteiger partial charge in [0.25, 0.3) is 0 Å². The minimum Gasteiger partial charge on any atom is -0.477 e. The lowest BCUT2D eigenvalue weighted by Crippen LogP contribution is -2.68. The number of carboxylic acid groups (broad SMARTS) is 1. The van der Waals surface area contributed by atoms with Crippen molar-refractivity contribution in [2.45, 2.75) is 24.4 Å². The Morgan fingerprint density at radius 2 is 2.08 bits per heavy atom. The van der Waals surface area contributed by atoms with E-state index in [9.17, 15) is 19.5 Å². The van der Waals surface area contributed by atoms with Crippen LogP contribution in [0, 0.1) is 0 Å². The topological polar surface area (TPSA) is 131 Å². The summed E-state index contributed by atoms with van der Waals surface area (Å²) < 4.78 is 1.88. The quantitative estimate of drug-likeness (QED) is 0.438. The molecule has 26 heavy (non-hydrogen) atoms. The molecule has 0 unspecified atom stereocenters. The molecule has 8 nitrogen and oxygen atoms in total. The van der Waals surface area contributed by atoms with Gasteiger partial charge >= 0.3 is 5.97 Å². The Morgan fingerprint density at radius 1 is 1.38 bits per heavy atom. The van der Waals surface area contributed by atoms with Gasteiger partial charge < -0.3 is 16.6 Å². The number of primary amides is 1. The van der Waals surface area contributed by atoms with Gasteiger partial charge in [-0.3, -0.25) is 14.5 Å². The first kappa shape index (κ1) is 18.2. The molecule has 9 heteroatoms. The number of rotatable bonds is 6. The van der Waals surface area contributed by atoms with Crippen LogP contribution < -0.4 is 16.0 Å². The second kappa shape index (κ2) is 7.30. The van der Waals surface area contributed by atoms with Crippen LogP contribution in [-0.2, 0) is 27.3 Å². The van der Waals surface area contributed by atoms with Crippen molar-refractivity contribution in [1.29, 1.82) is 0 Å². The summed E-state index contributed by atoms with van der Waals surface area (Å²) in [4.78, 5) is 35.6. The lowest BCUT2D eigenvalue weighted by molar-refractivity contribution is -0.687. The van der Waals surface area contributed by atoms with Gasteiger partial charge in [0.1, 0.15) is 17.1 Å². The number of nitrogens with zero attached hydrogens (tertiary/aromatic N) is 2. The average molecular weight is 375 g/mol. The van der Waals surface area contributed by atoms with E-state index in [0.717, 1.165) is 5.56 Å². The van der Waals surface area contributed by atoms with Crippen molar-refractivity contribution in [3.63, 3.8) is 0 Å². The molecule has 136 valence electrons. The smallest absolute Gasteiger partial charge is 0.352 e. The predicted octanol–water partition coefficient (Wildman–Crippen LogP) is -0.861. The van der Waals surface area contributed by atoms with Crippen LogP contribution in [0.5, 0.6) is 0 Å². The van der Waals surface area contributed by atoms with E-state index >= 15 is 0 Å². The number of carbonyl (C=O) groups is 3. The lowest BCUT2D eigenvalue weighted by atomic mass is 10.0. The maximum absolute atomic E-state index is 11.9. The third-order valence-electron chi connectivity index (χ3n) is 4.22. The van der Waals surface area contributed by atoms with Crippen LogP contribution in [0.1, 0.15) is 5.56 Å². The Hall–Kier alpha value is -2.65. The predicted molar refractivity (Wildman–Crippen MR) is 94.4 cm³/mol. The summed E-state index contributed by atoms with van der Waals surface area (Å²) in [5.74, 6) is -1.38. The summed E-state index contributed by atoms with van der Waals surface area (Å²) in [6.07, 6.45) is 7.39. The summed E-state index contributed by atoms with van der Waals surface area (Å²) in [6, 6.07) is 2.98. The molecule has 1 saturated heterocycles. The number of carbonyl (C=O) groups excluding carboxylic acids is 2. The van der Waals surface area contributed by atoms with E-state index in [1.807, 2.05) is 35.2 Å². The molecule has 0 bridgehead atoms. The van der Waals surface area contributed by atoms with Crippen LogP contribution in [0.4, 0.5) is 0 Å². The minimum absolute atomic E-state index is 0.0125. The largest absolute Gasteiger partial charge is 0.477 e. The number of amides is 2. The van der Waals surface area contributed by atoms with Crippen molar-refractivity contribution in [2.75, 3.05) is 5.75 Å². The molecule has 2 amide bonds. The number of hydrogen-bond donors (Lipinski definition) is 3. The van der Waals surface area contributed by atoms with Crippen LogP contribution in [0.15, 0.2) is 47.9 Å². The Labute approximate surface area is 154 Å². The molecule has 0 saturated carbocycles. The molecule has 1 aromatic rings. The van der Waals surface area contributed by atoms with Crippen molar-refractivity contribution in [3.8, 4) is 0 Å². The normalized spacial score (nSPS) is 22.3. The Morgan fingerprint density at radius 3 is 2.69 bits per heavy atom. The molecule has 0 aliphatic carbocycles. The Bertz CT molecular complexity index is 819. The summed E-state index contributed by atoms with van der Waals surface area (Å²) >= 11 is 1.47. The van der Waals surface area contributed by atoms with Crippen LogP contribution in [0.2, 0.25) is 0 Å². The number of thioether (sulfide) groups is 1. The molecule has 1 fully saturated rings. The molecule has 0 aromatic carbocycles. The average Bonchev–Trinajstić information content (AvgIpc) is 2.61. The fourth-order valence-corrected chi connectivity index (χ4v) is 4.18. The van der Waals surface area contributed by atoms with Crippen molar-refractivity contribution >= 4 is 29.5 Å². The molecule has 3 rings (SSSR count). The summed E-state index contributed by atoms with van der Waals surface area (Å²) in [5.41, 5.74) is 12.3. The molecule has 2 aliphatic rings. The van der Waals surface area contributed by atoms with Crippen LogP contribution in [0.25, 0.3) is 0 Å².